The van der Waals surface area contributed by atoms with E-state index in [0.29, 0.717) is 0 Å². The van der Waals surface area contributed by atoms with Crippen LogP contribution in [-0.2, 0) is 6.42 Å². The van der Waals surface area contributed by atoms with Gasteiger partial charge in [0.1, 0.15) is 6.33 Å². The second kappa shape index (κ2) is 10.0. The number of aromatic nitrogens is 2. The van der Waals surface area contributed by atoms with Crippen molar-refractivity contribution in [1.82, 2.24) is 9.97 Å². The van der Waals surface area contributed by atoms with Crippen LogP contribution in [0.4, 0.5) is 0 Å². The Balaban J connectivity index is 0.000000159. The number of hydrogen-bond acceptors (Lipinski definition) is 4. The van der Waals surface area contributed by atoms with E-state index in [-0.39, 0.29) is 10.9 Å². The average molecular weight is 416 g/mol. The number of aliphatic imine (C=N–C) groups is 1. The molecule has 0 radical (unpaired) electrons. The Labute approximate surface area is 178 Å². The summed E-state index contributed by atoms with van der Waals surface area (Å²) < 4.78 is 0. The standard InChI is InChI=1S/C15H14N2S.C9H7NS/c1-2-6-13(7-3-1)10-14-11-15(17-12-16-14)18-8-4-5-9-18;1-2-4-9-8(3-1)7-10-5-6-11-9/h1-9,11-12,18H,10H2;1-7H. The lowest BCUT2D eigenvalue weighted by Crippen LogP contribution is -1.94. The fourth-order valence-corrected chi connectivity index (χ4v) is 5.02. The number of fused-ring (bicyclic) bond motifs is 1. The highest BCUT2D eigenvalue weighted by Gasteiger charge is 2.06. The van der Waals surface area contributed by atoms with Crippen LogP contribution in [-0.4, -0.2) is 16.2 Å². The third-order valence-corrected chi connectivity index (χ3v) is 6.92. The summed E-state index contributed by atoms with van der Waals surface area (Å²) in [5.74, 6) is 0. The van der Waals surface area contributed by atoms with Gasteiger partial charge in [0.2, 0.25) is 0 Å². The van der Waals surface area contributed by atoms with E-state index in [2.05, 4.69) is 80.4 Å². The van der Waals surface area contributed by atoms with Gasteiger partial charge in [0.25, 0.3) is 0 Å². The van der Waals surface area contributed by atoms with Gasteiger partial charge in [-0.1, -0.05) is 72.4 Å². The Hall–Kier alpha value is -2.89. The summed E-state index contributed by atoms with van der Waals surface area (Å²) in [7, 11) is -0.343. The maximum Gasteiger partial charge on any atom is 0.116 e. The van der Waals surface area contributed by atoms with Crippen LogP contribution in [0.2, 0.25) is 0 Å². The minimum atomic E-state index is -0.343. The fourth-order valence-electron chi connectivity index (χ4n) is 2.87. The van der Waals surface area contributed by atoms with Crippen molar-refractivity contribution in [2.75, 3.05) is 0 Å². The molecule has 144 valence electrons. The SMILES string of the molecule is C1=CSc2ccccc2C=N1.C1=C[SH](c2cc(Cc3ccccc3)ncn2)C=C1. The van der Waals surface area contributed by atoms with E-state index in [4.69, 9.17) is 0 Å². The van der Waals surface area contributed by atoms with Crippen molar-refractivity contribution < 1.29 is 0 Å². The summed E-state index contributed by atoms with van der Waals surface area (Å²) in [5.41, 5.74) is 3.57. The van der Waals surface area contributed by atoms with Crippen molar-refractivity contribution in [3.05, 3.63) is 118 Å². The summed E-state index contributed by atoms with van der Waals surface area (Å²) in [6.07, 6.45) is 10.4. The number of thioether (sulfide) groups is 1. The Bertz CT molecular complexity index is 1060. The van der Waals surface area contributed by atoms with Gasteiger partial charge in [-0.25, -0.2) is 9.97 Å². The lowest BCUT2D eigenvalue weighted by atomic mass is 10.1. The minimum absolute atomic E-state index is 0.343. The number of thiol groups is 1. The van der Waals surface area contributed by atoms with Gasteiger partial charge in [-0.15, -0.1) is 0 Å². The quantitative estimate of drug-likeness (QED) is 0.412. The fraction of sp³-hybridized carbons (Fsp3) is 0.0417. The zero-order valence-corrected chi connectivity index (χ0v) is 17.5. The molecular formula is C24H21N3S2. The Kier molecular flexibility index (Phi) is 6.73. The molecule has 0 N–H and O–H groups in total. The molecule has 0 spiro atoms. The molecule has 0 amide bonds. The molecule has 0 atom stereocenters. The predicted molar refractivity (Wildman–Crippen MR) is 126 cm³/mol. The largest absolute Gasteiger partial charge is 0.264 e. The second-order valence-electron chi connectivity index (χ2n) is 6.34. The van der Waals surface area contributed by atoms with Crippen LogP contribution in [0.3, 0.4) is 0 Å². The van der Waals surface area contributed by atoms with E-state index < -0.39 is 0 Å². The zero-order chi connectivity index (χ0) is 19.7. The first-order chi connectivity index (χ1) is 14.4. The molecule has 0 unspecified atom stereocenters. The molecular weight excluding hydrogens is 394 g/mol. The van der Waals surface area contributed by atoms with Gasteiger partial charge in [-0.05, 0) is 33.9 Å². The van der Waals surface area contributed by atoms with Gasteiger partial charge in [-0.3, -0.25) is 4.99 Å². The Morgan fingerprint density at radius 1 is 0.862 bits per heavy atom. The summed E-state index contributed by atoms with van der Waals surface area (Å²) in [6.45, 7) is 0. The van der Waals surface area contributed by atoms with E-state index >= 15 is 0 Å². The van der Waals surface area contributed by atoms with Gasteiger partial charge in [-0.2, -0.15) is 10.9 Å². The minimum Gasteiger partial charge on any atom is -0.264 e. The lowest BCUT2D eigenvalue weighted by molar-refractivity contribution is 0.964. The number of hydrogen-bond donors (Lipinski definition) is 1. The molecule has 1 aromatic heterocycles. The maximum atomic E-state index is 4.38. The molecule has 3 nitrogen and oxygen atoms in total. The second-order valence-corrected chi connectivity index (χ2v) is 9.16. The molecule has 0 bridgehead atoms. The summed E-state index contributed by atoms with van der Waals surface area (Å²) in [5, 5.41) is 7.55. The molecule has 5 rings (SSSR count). The highest BCUT2D eigenvalue weighted by Crippen LogP contribution is 2.40. The van der Waals surface area contributed by atoms with Crippen LogP contribution < -0.4 is 0 Å². The van der Waals surface area contributed by atoms with Gasteiger partial charge in [0.05, 0.1) is 5.03 Å². The molecule has 2 aliphatic heterocycles. The lowest BCUT2D eigenvalue weighted by Gasteiger charge is -2.10. The monoisotopic (exact) mass is 415 g/mol. The smallest absolute Gasteiger partial charge is 0.116 e. The highest BCUT2D eigenvalue weighted by atomic mass is 32.2. The Morgan fingerprint density at radius 2 is 1.66 bits per heavy atom. The molecule has 0 saturated carbocycles. The van der Waals surface area contributed by atoms with E-state index in [9.17, 15) is 0 Å². The first-order valence-corrected chi connectivity index (χ1v) is 11.7. The van der Waals surface area contributed by atoms with Crippen LogP contribution in [0.5, 0.6) is 0 Å². The summed E-state index contributed by atoms with van der Waals surface area (Å²) >= 11 is 1.70. The number of allylic oxidation sites excluding steroid dienone is 2. The molecule has 0 saturated heterocycles. The normalized spacial score (nSPS) is 14.8. The molecule has 2 aromatic carbocycles. The summed E-state index contributed by atoms with van der Waals surface area (Å²) in [4.78, 5) is 14.1. The molecule has 3 heterocycles. The third kappa shape index (κ3) is 5.56. The molecule has 0 fully saturated rings. The van der Waals surface area contributed by atoms with Crippen molar-refractivity contribution in [3.8, 4) is 0 Å². The van der Waals surface area contributed by atoms with Crippen molar-refractivity contribution in [1.29, 1.82) is 0 Å². The maximum absolute atomic E-state index is 4.38. The van der Waals surface area contributed by atoms with Gasteiger partial charge < -0.3 is 0 Å². The van der Waals surface area contributed by atoms with Crippen molar-refractivity contribution >= 4 is 28.9 Å². The molecule has 3 aromatic rings. The summed E-state index contributed by atoms with van der Waals surface area (Å²) in [6, 6.07) is 20.8. The van der Waals surface area contributed by atoms with Gasteiger partial charge in [0.15, 0.2) is 0 Å². The average Bonchev–Trinajstić information content (AvgIpc) is 3.21. The third-order valence-electron chi connectivity index (χ3n) is 4.28. The topological polar surface area (TPSA) is 38.1 Å². The van der Waals surface area contributed by atoms with Crippen LogP contribution in [0.15, 0.2) is 116 Å². The van der Waals surface area contributed by atoms with Gasteiger partial charge in [0, 0.05) is 35.0 Å². The van der Waals surface area contributed by atoms with Crippen molar-refractivity contribution in [2.45, 2.75) is 16.3 Å². The van der Waals surface area contributed by atoms with Crippen molar-refractivity contribution in [2.24, 2.45) is 4.99 Å². The van der Waals surface area contributed by atoms with Crippen LogP contribution >= 0.6 is 22.7 Å². The predicted octanol–water partition coefficient (Wildman–Crippen LogP) is 6.15. The van der Waals surface area contributed by atoms with Crippen LogP contribution in [0.1, 0.15) is 16.8 Å². The number of rotatable bonds is 3. The zero-order valence-electron chi connectivity index (χ0n) is 15.8. The molecule has 5 heteroatoms. The first-order valence-electron chi connectivity index (χ1n) is 9.30. The van der Waals surface area contributed by atoms with E-state index in [0.717, 1.165) is 17.1 Å². The van der Waals surface area contributed by atoms with Crippen LogP contribution in [0, 0.1) is 0 Å². The number of nitrogens with zero attached hydrogens (tertiary/aromatic N) is 3. The van der Waals surface area contributed by atoms with Crippen molar-refractivity contribution in [3.63, 3.8) is 0 Å². The highest BCUT2D eigenvalue weighted by molar-refractivity contribution is 8.22. The van der Waals surface area contributed by atoms with E-state index in [1.54, 1.807) is 18.1 Å². The molecule has 29 heavy (non-hydrogen) atoms. The first kappa shape index (κ1) is 19.4. The van der Waals surface area contributed by atoms with E-state index in [1.807, 2.05) is 36.0 Å². The number of benzene rings is 2. The van der Waals surface area contributed by atoms with E-state index in [1.165, 1.54) is 16.0 Å². The van der Waals surface area contributed by atoms with Crippen LogP contribution in [0.25, 0.3) is 0 Å². The van der Waals surface area contributed by atoms with Gasteiger partial charge >= 0.3 is 0 Å². The molecule has 0 aliphatic carbocycles. The Morgan fingerprint density at radius 3 is 2.52 bits per heavy atom. The molecule has 2 aliphatic rings.